The van der Waals surface area contributed by atoms with Crippen molar-refractivity contribution in [2.75, 3.05) is 24.6 Å². The van der Waals surface area contributed by atoms with Gasteiger partial charge in [0, 0.05) is 14.1 Å². The minimum absolute atomic E-state index is 0.163. The van der Waals surface area contributed by atoms with Crippen LogP contribution in [0.5, 0.6) is 0 Å². The summed E-state index contributed by atoms with van der Waals surface area (Å²) in [6.45, 7) is 0. The molecule has 0 saturated carbocycles. The van der Waals surface area contributed by atoms with Crippen LogP contribution in [0.25, 0.3) is 0 Å². The predicted octanol–water partition coefficient (Wildman–Crippen LogP) is -1.90. The van der Waals surface area contributed by atoms with Crippen LogP contribution in [0.4, 0.5) is 0 Å². The van der Waals surface area contributed by atoms with Gasteiger partial charge >= 0.3 is 0 Å². The van der Waals surface area contributed by atoms with E-state index in [1.807, 2.05) is 0 Å². The first-order valence-electron chi connectivity index (χ1n) is 2.82. The lowest BCUT2D eigenvalue weighted by Crippen LogP contribution is -2.41. The monoisotopic (exact) mass is 164 g/mol. The highest BCUT2D eigenvalue weighted by Crippen LogP contribution is 1.80. The summed E-state index contributed by atoms with van der Waals surface area (Å²) in [6, 6.07) is 0. The molecular weight excluding hydrogens is 154 g/mol. The highest BCUT2D eigenvalue weighted by atomic mass is 16.8. The molecule has 9 heteroatoms. The average Bonchev–Trinajstić information content (AvgIpc) is 2.30. The fraction of sp³-hybridized carbons (Fsp3) is 1.00. The quantitative estimate of drug-likeness (QED) is 0.349. The second kappa shape index (κ2) is 2.54. The van der Waals surface area contributed by atoms with E-state index in [0.717, 1.165) is 15.0 Å². The third kappa shape index (κ3) is 1.26. The summed E-state index contributed by atoms with van der Waals surface area (Å²) in [4.78, 5) is 1.88. The average molecular weight is 164 g/mol. The Kier molecular flexibility index (Phi) is 1.72. The third-order valence-electron chi connectivity index (χ3n) is 0.988. The number of rotatable bonds is 2. The lowest BCUT2D eigenvalue weighted by Gasteiger charge is -2.13. The Hall–Kier alpha value is -1.64. The Morgan fingerprint density at radius 2 is 2.36 bits per heavy atom. The molecule has 0 bridgehead atoms. The molecule has 0 radical (unpaired) electrons. The summed E-state index contributed by atoms with van der Waals surface area (Å²) in [7, 11) is 3.04. The van der Waals surface area contributed by atoms with Crippen LogP contribution in [0.3, 0.4) is 0 Å². The molecule has 4 N–H and O–H groups in total. The maximum Gasteiger partial charge on any atom is 0.0435 e. The van der Waals surface area contributed by atoms with Crippen LogP contribution in [-0.4, -0.2) is 34.2 Å². The Labute approximate surface area is 61.6 Å². The van der Waals surface area contributed by atoms with E-state index in [0.29, 0.717) is 0 Å². The molecule has 0 unspecified atom stereocenters. The van der Waals surface area contributed by atoms with E-state index in [1.165, 1.54) is 7.05 Å². The predicted molar refractivity (Wildman–Crippen MR) is 37.0 cm³/mol. The van der Waals surface area contributed by atoms with Crippen molar-refractivity contribution in [3.8, 4) is 0 Å². The molecule has 0 aliphatic carbocycles. The lowest BCUT2D eigenvalue weighted by molar-refractivity contribution is 0.149. The molecule has 1 heterocycles. The normalized spacial score (nSPS) is 9.73. The van der Waals surface area contributed by atoms with Gasteiger partial charge in [-0.3, -0.25) is 0 Å². The molecule has 66 valence electrons. The second-order valence-electron chi connectivity index (χ2n) is 1.80. The van der Waals surface area contributed by atoms with Crippen LogP contribution < -0.4 is 16.4 Å². The fourth-order valence-electron chi connectivity index (χ4n) is 0.517. The zero-order valence-corrected chi connectivity index (χ0v) is 6.18. The molecule has 1 rings (SSSR count). The van der Waals surface area contributed by atoms with E-state index in [-0.39, 0.29) is 5.02 Å². The Morgan fingerprint density at radius 1 is 1.73 bits per heavy atom. The van der Waals surface area contributed by atoms with Crippen molar-refractivity contribution >= 4 is 0 Å². The van der Waals surface area contributed by atoms with E-state index in [9.17, 15) is 5.21 Å². The number of nitrogens with zero attached hydrogens (tertiary/aromatic N) is 4. The number of hydrazine groups is 1. The van der Waals surface area contributed by atoms with Gasteiger partial charge in [0.2, 0.25) is 0 Å². The first-order valence-corrected chi connectivity index (χ1v) is 2.82. The van der Waals surface area contributed by atoms with Gasteiger partial charge in [-0.25, -0.2) is 11.0 Å². The van der Waals surface area contributed by atoms with Gasteiger partial charge in [0.25, 0.3) is 0 Å². The first-order chi connectivity index (χ1) is 5.15. The molecule has 0 saturated heterocycles. The topological polar surface area (TPSA) is 108 Å². The minimum Gasteiger partial charge on any atom is -0.443 e. The van der Waals surface area contributed by atoms with Crippen LogP contribution in [0.1, 0.15) is 0 Å². The molecule has 0 aliphatic heterocycles. The van der Waals surface area contributed by atoms with Gasteiger partial charge in [-0.15, -0.1) is 4.96 Å². The molecule has 1 aromatic rings. The maximum atomic E-state index is 10.7. The summed E-state index contributed by atoms with van der Waals surface area (Å²) < 4.78 is 4.48. The SMILES string of the molecule is CNn1[nH]n(N(C)N)n([O-])o1. The van der Waals surface area contributed by atoms with Crippen LogP contribution in [0.15, 0.2) is 4.63 Å². The van der Waals surface area contributed by atoms with Gasteiger partial charge in [0.05, 0.1) is 0 Å². The summed E-state index contributed by atoms with van der Waals surface area (Å²) in [5.74, 6) is 5.23. The number of nitrogens with one attached hydrogen (secondary N) is 2. The highest BCUT2D eigenvalue weighted by Gasteiger charge is 1.93. The van der Waals surface area contributed by atoms with E-state index in [2.05, 4.69) is 15.3 Å². The molecule has 9 nitrogen and oxygen atoms in total. The molecule has 11 heavy (non-hydrogen) atoms. The number of H-pyrrole nitrogens is 1. The van der Waals surface area contributed by atoms with Crippen LogP contribution >= 0.6 is 0 Å². The van der Waals surface area contributed by atoms with Crippen LogP contribution in [0, 0.1) is 5.21 Å². The number of hydrogen-bond acceptors (Lipinski definition) is 5. The largest absolute Gasteiger partial charge is 0.443 e. The van der Waals surface area contributed by atoms with Gasteiger partial charge in [-0.2, -0.15) is 5.21 Å². The molecular formula is C2H10N7O2-. The van der Waals surface area contributed by atoms with Crippen molar-refractivity contribution in [3.63, 3.8) is 0 Å². The molecule has 0 spiro atoms. The van der Waals surface area contributed by atoms with Gasteiger partial charge < -0.3 is 15.3 Å². The minimum atomic E-state index is 0.163. The summed E-state index contributed by atoms with van der Waals surface area (Å²) in [5, 5.41) is 14.4. The lowest BCUT2D eigenvalue weighted by atomic mass is 11.4. The number of hydrogen-bond donors (Lipinski definition) is 3. The van der Waals surface area contributed by atoms with E-state index in [1.54, 1.807) is 7.05 Å². The molecule has 0 atom stereocenters. The van der Waals surface area contributed by atoms with E-state index < -0.39 is 0 Å². The maximum absolute atomic E-state index is 10.7. The second-order valence-corrected chi connectivity index (χ2v) is 1.80. The number of aromatic amines is 1. The Balaban J connectivity index is 2.97. The van der Waals surface area contributed by atoms with Crippen molar-refractivity contribution in [1.82, 2.24) is 20.1 Å². The van der Waals surface area contributed by atoms with Crippen molar-refractivity contribution in [2.45, 2.75) is 0 Å². The first kappa shape index (κ1) is 7.47. The molecule has 0 fully saturated rings. The van der Waals surface area contributed by atoms with Crippen molar-refractivity contribution < 1.29 is 4.63 Å². The van der Waals surface area contributed by atoms with Crippen LogP contribution in [-0.2, 0) is 0 Å². The van der Waals surface area contributed by atoms with Crippen LogP contribution in [0.2, 0.25) is 0 Å². The van der Waals surface area contributed by atoms with Gasteiger partial charge in [-0.05, 0) is 0 Å². The highest BCUT2D eigenvalue weighted by molar-refractivity contribution is 4.56. The summed E-state index contributed by atoms with van der Waals surface area (Å²) >= 11 is 0. The Morgan fingerprint density at radius 3 is 2.64 bits per heavy atom. The molecule has 1 aromatic heterocycles. The van der Waals surface area contributed by atoms with Crippen molar-refractivity contribution in [2.24, 2.45) is 5.84 Å². The van der Waals surface area contributed by atoms with Crippen molar-refractivity contribution in [3.05, 3.63) is 5.21 Å². The van der Waals surface area contributed by atoms with Crippen molar-refractivity contribution in [1.29, 1.82) is 0 Å². The van der Waals surface area contributed by atoms with Gasteiger partial charge in [0.1, 0.15) is 0 Å². The zero-order valence-electron chi connectivity index (χ0n) is 6.18. The zero-order chi connectivity index (χ0) is 8.43. The summed E-state index contributed by atoms with van der Waals surface area (Å²) in [5.41, 5.74) is 2.51. The van der Waals surface area contributed by atoms with Gasteiger partial charge in [0.15, 0.2) is 0 Å². The fourth-order valence-corrected chi connectivity index (χ4v) is 0.517. The third-order valence-corrected chi connectivity index (χ3v) is 0.988. The standard InChI is InChI=1S/C2H10N7O2/c1-4-7-5-8(6(2)3)9(10)11-7/h4-5H,3H2,1-2H3/q-1. The molecule has 0 aliphatic rings. The smallest absolute Gasteiger partial charge is 0.0435 e. The van der Waals surface area contributed by atoms with Gasteiger partial charge in [-0.1, -0.05) is 9.92 Å². The number of aromatic nitrogens is 4. The Bertz CT molecular complexity index is 243. The summed E-state index contributed by atoms with van der Waals surface area (Å²) in [6.07, 6.45) is 0. The van der Waals surface area contributed by atoms with E-state index in [4.69, 9.17) is 5.84 Å². The van der Waals surface area contributed by atoms with E-state index >= 15 is 0 Å². The molecule has 0 aromatic carbocycles. The molecule has 0 amide bonds. The number of nitrogens with two attached hydrogens (primary N) is 1.